The lowest BCUT2D eigenvalue weighted by Gasteiger charge is -2.33. The molecule has 2 aliphatic rings. The maximum atomic E-state index is 13.3. The number of hydrogen-bond donors (Lipinski definition) is 2. The van der Waals surface area contributed by atoms with Gasteiger partial charge in [-0.15, -0.1) is 0 Å². The third-order valence-electron chi connectivity index (χ3n) is 9.92. The molecular weight excluding hydrogens is 757 g/mol. The van der Waals surface area contributed by atoms with Crippen LogP contribution in [-0.2, 0) is 27.4 Å². The molecule has 2 saturated heterocycles. The molecule has 0 bridgehead atoms. The Morgan fingerprint density at radius 1 is 0.857 bits per heavy atom. The van der Waals surface area contributed by atoms with Crippen LogP contribution in [0.25, 0.3) is 33.6 Å². The number of methoxy groups -OCH3 is 2. The van der Waals surface area contributed by atoms with Crippen LogP contribution in [0, 0.1) is 0 Å². The Morgan fingerprint density at radius 2 is 1.43 bits per heavy atom. The fraction of sp³-hybridized carbons (Fsp3) is 0.405. The summed E-state index contributed by atoms with van der Waals surface area (Å²) in [6.45, 7) is 6.94. The van der Waals surface area contributed by atoms with Gasteiger partial charge in [0.25, 0.3) is 0 Å². The first-order chi connectivity index (χ1) is 26.8. The lowest BCUT2D eigenvalue weighted by atomic mass is 9.98. The van der Waals surface area contributed by atoms with Crippen LogP contribution in [0.4, 0.5) is 4.79 Å². The second-order valence-electron chi connectivity index (χ2n) is 15.0. The maximum Gasteiger partial charge on any atom is 0.410 e. The Labute approximate surface area is 337 Å². The van der Waals surface area contributed by atoms with Crippen LogP contribution in [0.1, 0.15) is 64.0 Å². The standard InChI is InChI=1S/C42H47Cl2N5O7/c1-42(2,3)56-41(53)49(24-27-17-20-35(50)45-27)23-26-16-19-33(47-39(26)55-5)31-13-9-11-29(37(31)44)28-10-8-12-30(36(28)43)32-18-15-25(38(46-32)54-4)22-48-21-7-6-14-34(48)40(51)52/h8-13,15-16,18-19,27,34H,6-7,14,17,20-24H2,1-5H3,(H,45,50)(H,51,52)/t27-,34-/m0/s1. The van der Waals surface area contributed by atoms with E-state index in [4.69, 9.17) is 47.4 Å². The number of aliphatic carboxylic acids is 1. The minimum Gasteiger partial charge on any atom is -0.481 e. The van der Waals surface area contributed by atoms with E-state index in [0.717, 1.165) is 18.4 Å². The van der Waals surface area contributed by atoms with Crippen LogP contribution in [0.3, 0.4) is 0 Å². The highest BCUT2D eigenvalue weighted by Gasteiger charge is 2.31. The Balaban J connectivity index is 1.27. The Hall–Kier alpha value is -4.91. The summed E-state index contributed by atoms with van der Waals surface area (Å²) in [4.78, 5) is 50.2. The van der Waals surface area contributed by atoms with Crippen molar-refractivity contribution < 1.29 is 33.7 Å². The Kier molecular flexibility index (Phi) is 12.7. The molecule has 6 rings (SSSR count). The van der Waals surface area contributed by atoms with Gasteiger partial charge in [-0.25, -0.2) is 14.8 Å². The molecular formula is C42H47Cl2N5O7. The third kappa shape index (κ3) is 9.37. The van der Waals surface area contributed by atoms with Gasteiger partial charge in [0.05, 0.1) is 42.2 Å². The van der Waals surface area contributed by atoms with E-state index in [1.54, 1.807) is 32.8 Å². The summed E-state index contributed by atoms with van der Waals surface area (Å²) < 4.78 is 17.1. The topological polar surface area (TPSA) is 143 Å². The number of pyridine rings is 2. The van der Waals surface area contributed by atoms with Crippen molar-refractivity contribution in [2.45, 2.75) is 83.6 Å². The van der Waals surface area contributed by atoms with Crippen molar-refractivity contribution in [2.75, 3.05) is 27.3 Å². The van der Waals surface area contributed by atoms with Gasteiger partial charge < -0.3 is 29.5 Å². The normalized spacial score (nSPS) is 17.3. The fourth-order valence-electron chi connectivity index (χ4n) is 7.20. The first-order valence-corrected chi connectivity index (χ1v) is 19.4. The second-order valence-corrected chi connectivity index (χ2v) is 15.8. The highest BCUT2D eigenvalue weighted by atomic mass is 35.5. The molecule has 2 aromatic carbocycles. The van der Waals surface area contributed by atoms with Gasteiger partial charge in [0, 0.05) is 58.9 Å². The molecule has 2 amide bonds. The molecule has 0 radical (unpaired) electrons. The average Bonchev–Trinajstić information content (AvgIpc) is 3.58. The zero-order chi connectivity index (χ0) is 40.1. The quantitative estimate of drug-likeness (QED) is 0.144. The van der Waals surface area contributed by atoms with Gasteiger partial charge >= 0.3 is 12.1 Å². The molecule has 0 aliphatic carbocycles. The first-order valence-electron chi connectivity index (χ1n) is 18.7. The summed E-state index contributed by atoms with van der Waals surface area (Å²) in [5.74, 6) is -0.138. The van der Waals surface area contributed by atoms with Crippen LogP contribution in [0.2, 0.25) is 10.0 Å². The highest BCUT2D eigenvalue weighted by Crippen LogP contribution is 2.42. The SMILES string of the molecule is COc1nc(-c2cccc(-c3cccc(-c4ccc(CN5CCCC[C@H]5C(=O)O)c(OC)n4)c3Cl)c2Cl)ccc1CN(C[C@@H]1CCC(=O)N1)C(=O)OC(C)(C)C. The van der Waals surface area contributed by atoms with E-state index in [9.17, 15) is 19.5 Å². The first kappa shape index (κ1) is 40.7. The number of likely N-dealkylation sites (tertiary alicyclic amines) is 1. The highest BCUT2D eigenvalue weighted by molar-refractivity contribution is 6.39. The summed E-state index contributed by atoms with van der Waals surface area (Å²) in [5.41, 5.74) is 4.58. The number of nitrogens with zero attached hydrogens (tertiary/aromatic N) is 4. The zero-order valence-electron chi connectivity index (χ0n) is 32.2. The second kappa shape index (κ2) is 17.5. The van der Waals surface area contributed by atoms with Crippen molar-refractivity contribution in [1.29, 1.82) is 0 Å². The summed E-state index contributed by atoms with van der Waals surface area (Å²) in [6.07, 6.45) is 2.98. The van der Waals surface area contributed by atoms with Crippen LogP contribution in [0.15, 0.2) is 60.7 Å². The molecule has 296 valence electrons. The number of amides is 2. The predicted molar refractivity (Wildman–Crippen MR) is 215 cm³/mol. The van der Waals surface area contributed by atoms with Gasteiger partial charge in [0.1, 0.15) is 11.6 Å². The molecule has 56 heavy (non-hydrogen) atoms. The minimum absolute atomic E-state index is 0.0392. The van der Waals surface area contributed by atoms with Gasteiger partial charge in [-0.3, -0.25) is 14.5 Å². The number of carbonyl (C=O) groups excluding carboxylic acids is 2. The van der Waals surface area contributed by atoms with Crippen molar-refractivity contribution in [3.05, 3.63) is 81.8 Å². The number of halogens is 2. The predicted octanol–water partition coefficient (Wildman–Crippen LogP) is 8.26. The molecule has 2 fully saturated rings. The van der Waals surface area contributed by atoms with E-state index in [-0.39, 0.29) is 25.0 Å². The van der Waals surface area contributed by atoms with Crippen molar-refractivity contribution >= 4 is 41.2 Å². The molecule has 12 nitrogen and oxygen atoms in total. The summed E-state index contributed by atoms with van der Waals surface area (Å²) in [5, 5.41) is 13.6. The van der Waals surface area contributed by atoms with Gasteiger partial charge in [-0.2, -0.15) is 0 Å². The average molecular weight is 805 g/mol. The van der Waals surface area contributed by atoms with Gasteiger partial charge in [0.15, 0.2) is 0 Å². The number of carboxylic acids is 1. The number of benzene rings is 2. The van der Waals surface area contributed by atoms with Gasteiger partial charge in [-0.05, 0) is 64.8 Å². The van der Waals surface area contributed by atoms with Crippen LogP contribution in [0.5, 0.6) is 11.8 Å². The Bertz CT molecular complexity index is 2110. The minimum atomic E-state index is -0.818. The van der Waals surface area contributed by atoms with Crippen molar-refractivity contribution in [3.8, 4) is 45.4 Å². The summed E-state index contributed by atoms with van der Waals surface area (Å²) >= 11 is 14.3. The molecule has 0 saturated carbocycles. The fourth-order valence-corrected chi connectivity index (χ4v) is 7.85. The van der Waals surface area contributed by atoms with E-state index in [1.807, 2.05) is 65.6 Å². The number of nitrogens with one attached hydrogen (secondary N) is 1. The number of hydrogen-bond acceptors (Lipinski definition) is 9. The number of aromatic nitrogens is 2. The van der Waals surface area contributed by atoms with E-state index in [1.165, 1.54) is 7.11 Å². The number of carboxylic acid groups (broad SMARTS) is 1. The van der Waals surface area contributed by atoms with Crippen molar-refractivity contribution in [3.63, 3.8) is 0 Å². The maximum absolute atomic E-state index is 13.3. The van der Waals surface area contributed by atoms with E-state index < -0.39 is 23.7 Å². The van der Waals surface area contributed by atoms with E-state index >= 15 is 0 Å². The molecule has 0 unspecified atom stereocenters. The van der Waals surface area contributed by atoms with Gasteiger partial charge in [0.2, 0.25) is 17.7 Å². The van der Waals surface area contributed by atoms with Crippen molar-refractivity contribution in [2.24, 2.45) is 0 Å². The number of piperidine rings is 1. The smallest absolute Gasteiger partial charge is 0.410 e. The van der Waals surface area contributed by atoms with Crippen LogP contribution >= 0.6 is 23.2 Å². The van der Waals surface area contributed by atoms with E-state index in [2.05, 4.69) is 5.32 Å². The van der Waals surface area contributed by atoms with Gasteiger partial charge in [-0.1, -0.05) is 72.1 Å². The number of ether oxygens (including phenoxy) is 3. The van der Waals surface area contributed by atoms with Crippen LogP contribution in [-0.4, -0.2) is 87.8 Å². The molecule has 2 atom stereocenters. The monoisotopic (exact) mass is 803 g/mol. The summed E-state index contributed by atoms with van der Waals surface area (Å²) in [7, 11) is 3.07. The zero-order valence-corrected chi connectivity index (χ0v) is 33.7. The largest absolute Gasteiger partial charge is 0.481 e. The molecule has 2 aromatic heterocycles. The molecule has 4 heterocycles. The molecule has 0 spiro atoms. The lowest BCUT2D eigenvalue weighted by molar-refractivity contribution is -0.144. The molecule has 2 N–H and O–H groups in total. The van der Waals surface area contributed by atoms with Crippen LogP contribution < -0.4 is 14.8 Å². The lowest BCUT2D eigenvalue weighted by Crippen LogP contribution is -2.44. The number of rotatable bonds is 12. The summed E-state index contributed by atoms with van der Waals surface area (Å²) in [6, 6.07) is 18.0. The molecule has 14 heteroatoms. The van der Waals surface area contributed by atoms with Crippen molar-refractivity contribution in [1.82, 2.24) is 25.1 Å². The third-order valence-corrected chi connectivity index (χ3v) is 10.7. The Morgan fingerprint density at radius 3 is 1.96 bits per heavy atom. The molecule has 4 aromatic rings. The molecule has 2 aliphatic heterocycles. The van der Waals surface area contributed by atoms with E-state index in [0.29, 0.717) is 93.4 Å². The number of carbonyl (C=O) groups is 3.